The van der Waals surface area contributed by atoms with Gasteiger partial charge in [-0.25, -0.2) is 8.42 Å². The molecule has 0 bridgehead atoms. The fraction of sp³-hybridized carbons (Fsp3) is 0.450. The zero-order chi connectivity index (χ0) is 19.0. The molecule has 0 saturated carbocycles. The van der Waals surface area contributed by atoms with Gasteiger partial charge in [-0.15, -0.1) is 0 Å². The monoisotopic (exact) mass is 387 g/mol. The van der Waals surface area contributed by atoms with Gasteiger partial charge in [-0.05, 0) is 61.1 Å². The summed E-state index contributed by atoms with van der Waals surface area (Å²) in [6.45, 7) is 1.48. The molecule has 4 rings (SSSR count). The minimum absolute atomic E-state index is 0.0478. The van der Waals surface area contributed by atoms with E-state index in [1.165, 1.54) is 21.9 Å². The van der Waals surface area contributed by atoms with Crippen LogP contribution in [0.25, 0.3) is 0 Å². The molecule has 1 aliphatic heterocycles. The van der Waals surface area contributed by atoms with Crippen LogP contribution in [0.5, 0.6) is 0 Å². The predicted molar refractivity (Wildman–Crippen MR) is 103 cm³/mol. The van der Waals surface area contributed by atoms with Crippen molar-refractivity contribution in [3.63, 3.8) is 0 Å². The highest BCUT2D eigenvalue weighted by Gasteiger charge is 2.31. The molecule has 0 unspecified atom stereocenters. The lowest BCUT2D eigenvalue weighted by molar-refractivity contribution is 0.0688. The van der Waals surface area contributed by atoms with Gasteiger partial charge in [0.15, 0.2) is 0 Å². The van der Waals surface area contributed by atoms with Gasteiger partial charge in [0.25, 0.3) is 5.91 Å². The summed E-state index contributed by atoms with van der Waals surface area (Å²) in [7, 11) is -1.68. The summed E-state index contributed by atoms with van der Waals surface area (Å²) in [6.07, 6.45) is 6.13. The molecule has 2 aromatic rings. The number of hydrogen-bond donors (Lipinski definition) is 0. The summed E-state index contributed by atoms with van der Waals surface area (Å²) in [5.74, 6) is -0.0478. The minimum Gasteiger partial charge on any atom is -0.347 e. The van der Waals surface area contributed by atoms with E-state index >= 15 is 0 Å². The van der Waals surface area contributed by atoms with Gasteiger partial charge in [0.1, 0.15) is 5.69 Å². The quantitative estimate of drug-likeness (QED) is 0.810. The zero-order valence-electron chi connectivity index (χ0n) is 15.6. The normalized spacial score (nSPS) is 18.3. The molecule has 1 saturated heterocycles. The SMILES string of the molecule is Cn1cccc1C(=O)N1CCN(S(=O)(=O)c2ccc3c(c2)CCCC3)CC1. The summed E-state index contributed by atoms with van der Waals surface area (Å²) in [4.78, 5) is 14.7. The van der Waals surface area contributed by atoms with Crippen LogP contribution in [-0.2, 0) is 29.9 Å². The van der Waals surface area contributed by atoms with Crippen LogP contribution in [0.2, 0.25) is 0 Å². The van der Waals surface area contributed by atoms with Gasteiger partial charge in [0, 0.05) is 39.4 Å². The van der Waals surface area contributed by atoms with Crippen LogP contribution >= 0.6 is 0 Å². The number of sulfonamides is 1. The molecule has 6 nitrogen and oxygen atoms in total. The van der Waals surface area contributed by atoms with E-state index in [9.17, 15) is 13.2 Å². The third-order valence-electron chi connectivity index (χ3n) is 5.65. The van der Waals surface area contributed by atoms with Crippen molar-refractivity contribution in [1.29, 1.82) is 0 Å². The minimum atomic E-state index is -3.52. The Hall–Kier alpha value is -2.12. The van der Waals surface area contributed by atoms with E-state index in [0.29, 0.717) is 36.8 Å². The number of carbonyl (C=O) groups is 1. The van der Waals surface area contributed by atoms with Crippen molar-refractivity contribution in [2.75, 3.05) is 26.2 Å². The van der Waals surface area contributed by atoms with Crippen molar-refractivity contribution in [3.8, 4) is 0 Å². The average Bonchev–Trinajstić information content (AvgIpc) is 3.13. The third kappa shape index (κ3) is 3.41. The van der Waals surface area contributed by atoms with Gasteiger partial charge in [-0.1, -0.05) is 6.07 Å². The van der Waals surface area contributed by atoms with E-state index in [1.807, 2.05) is 31.4 Å². The number of aryl methyl sites for hydroxylation is 3. The van der Waals surface area contributed by atoms with Crippen LogP contribution < -0.4 is 0 Å². The fourth-order valence-corrected chi connectivity index (χ4v) is 5.47. The Morgan fingerprint density at radius 2 is 1.67 bits per heavy atom. The lowest BCUT2D eigenvalue weighted by atomic mass is 9.92. The lowest BCUT2D eigenvalue weighted by Crippen LogP contribution is -2.50. The van der Waals surface area contributed by atoms with Crippen LogP contribution in [0.3, 0.4) is 0 Å². The van der Waals surface area contributed by atoms with E-state index in [4.69, 9.17) is 0 Å². The molecule has 2 aliphatic rings. The first kappa shape index (κ1) is 18.3. The zero-order valence-corrected chi connectivity index (χ0v) is 16.4. The number of hydrogen-bond acceptors (Lipinski definition) is 3. The van der Waals surface area contributed by atoms with Crippen molar-refractivity contribution in [2.45, 2.75) is 30.6 Å². The van der Waals surface area contributed by atoms with Crippen LogP contribution in [0, 0.1) is 0 Å². The Balaban J connectivity index is 1.47. The second kappa shape index (κ2) is 7.13. The fourth-order valence-electron chi connectivity index (χ4n) is 4.00. The second-order valence-electron chi connectivity index (χ2n) is 7.34. The molecule has 0 atom stereocenters. The van der Waals surface area contributed by atoms with Crippen molar-refractivity contribution >= 4 is 15.9 Å². The molecule has 7 heteroatoms. The summed E-state index contributed by atoms with van der Waals surface area (Å²) in [5.41, 5.74) is 3.07. The number of aromatic nitrogens is 1. The molecule has 0 radical (unpaired) electrons. The number of piperazine rings is 1. The molecule has 1 aromatic carbocycles. The summed E-state index contributed by atoms with van der Waals surface area (Å²) < 4.78 is 29.4. The van der Waals surface area contributed by atoms with Crippen molar-refractivity contribution < 1.29 is 13.2 Å². The molecule has 0 N–H and O–H groups in total. The molecule has 1 amide bonds. The van der Waals surface area contributed by atoms with Gasteiger partial charge >= 0.3 is 0 Å². The Kier molecular flexibility index (Phi) is 4.82. The summed E-state index contributed by atoms with van der Waals surface area (Å²) >= 11 is 0. The van der Waals surface area contributed by atoms with E-state index in [1.54, 1.807) is 21.6 Å². The molecular formula is C20H25N3O3S. The highest BCUT2D eigenvalue weighted by atomic mass is 32.2. The first-order chi connectivity index (χ1) is 13.0. The van der Waals surface area contributed by atoms with Crippen molar-refractivity contribution in [2.24, 2.45) is 7.05 Å². The van der Waals surface area contributed by atoms with Crippen molar-refractivity contribution in [1.82, 2.24) is 13.8 Å². The number of fused-ring (bicyclic) bond motifs is 1. The van der Waals surface area contributed by atoms with E-state index in [0.717, 1.165) is 19.3 Å². The maximum atomic E-state index is 13.1. The van der Waals surface area contributed by atoms with E-state index < -0.39 is 10.0 Å². The van der Waals surface area contributed by atoms with Crippen LogP contribution in [0.15, 0.2) is 41.4 Å². The maximum absolute atomic E-state index is 13.1. The number of amides is 1. The number of nitrogens with zero attached hydrogens (tertiary/aromatic N) is 3. The van der Waals surface area contributed by atoms with E-state index in [2.05, 4.69) is 0 Å². The Labute approximate surface area is 160 Å². The molecule has 1 aliphatic carbocycles. The first-order valence-corrected chi connectivity index (χ1v) is 10.9. The molecule has 2 heterocycles. The van der Waals surface area contributed by atoms with Gasteiger partial charge < -0.3 is 9.47 Å². The lowest BCUT2D eigenvalue weighted by Gasteiger charge is -2.34. The first-order valence-electron chi connectivity index (χ1n) is 9.49. The number of rotatable bonds is 3. The van der Waals surface area contributed by atoms with Gasteiger partial charge in [0.2, 0.25) is 10.0 Å². The predicted octanol–water partition coefficient (Wildman–Crippen LogP) is 2.05. The Morgan fingerprint density at radius 3 is 2.33 bits per heavy atom. The smallest absolute Gasteiger partial charge is 0.270 e. The van der Waals surface area contributed by atoms with Crippen LogP contribution in [0.4, 0.5) is 0 Å². The summed E-state index contributed by atoms with van der Waals surface area (Å²) in [5, 5.41) is 0. The topological polar surface area (TPSA) is 62.6 Å². The van der Waals surface area contributed by atoms with Crippen molar-refractivity contribution in [3.05, 3.63) is 53.3 Å². The Bertz CT molecular complexity index is 957. The third-order valence-corrected chi connectivity index (χ3v) is 7.54. The molecule has 1 fully saturated rings. The van der Waals surface area contributed by atoms with Crippen LogP contribution in [0.1, 0.15) is 34.5 Å². The van der Waals surface area contributed by atoms with Gasteiger partial charge in [-0.2, -0.15) is 4.31 Å². The van der Waals surface area contributed by atoms with E-state index in [-0.39, 0.29) is 5.91 Å². The van der Waals surface area contributed by atoms with Gasteiger partial charge in [-0.3, -0.25) is 4.79 Å². The molecule has 27 heavy (non-hydrogen) atoms. The molecular weight excluding hydrogens is 362 g/mol. The van der Waals surface area contributed by atoms with Crippen LogP contribution in [-0.4, -0.2) is 54.3 Å². The molecule has 0 spiro atoms. The van der Waals surface area contributed by atoms with Gasteiger partial charge in [0.05, 0.1) is 4.90 Å². The standard InChI is InChI=1S/C20H25N3O3S/c1-21-10-4-7-19(21)20(24)22-11-13-23(14-12-22)27(25,26)18-9-8-16-5-2-3-6-17(16)15-18/h4,7-10,15H,2-3,5-6,11-14H2,1H3. The largest absolute Gasteiger partial charge is 0.347 e. The summed E-state index contributed by atoms with van der Waals surface area (Å²) in [6, 6.07) is 9.19. The molecule has 1 aromatic heterocycles. The number of benzene rings is 1. The highest BCUT2D eigenvalue weighted by Crippen LogP contribution is 2.26. The maximum Gasteiger partial charge on any atom is 0.270 e. The average molecular weight is 388 g/mol. The number of carbonyl (C=O) groups excluding carboxylic acids is 1. The second-order valence-corrected chi connectivity index (χ2v) is 9.28. The molecule has 144 valence electrons. The highest BCUT2D eigenvalue weighted by molar-refractivity contribution is 7.89. The Morgan fingerprint density at radius 1 is 0.963 bits per heavy atom.